The van der Waals surface area contributed by atoms with Gasteiger partial charge in [0.2, 0.25) is 0 Å². The number of esters is 1. The minimum absolute atomic E-state index is 0.238. The van der Waals surface area contributed by atoms with Gasteiger partial charge < -0.3 is 4.74 Å². The predicted octanol–water partition coefficient (Wildman–Crippen LogP) is -0.262. The van der Waals surface area contributed by atoms with Gasteiger partial charge in [0.25, 0.3) is 0 Å². The summed E-state index contributed by atoms with van der Waals surface area (Å²) in [5.74, 6) is -0.383. The van der Waals surface area contributed by atoms with E-state index >= 15 is 0 Å². The van der Waals surface area contributed by atoms with E-state index in [1.165, 1.54) is 4.90 Å². The standard InChI is InChI=1S/C5H5NO3/c7-4-3-1-2-6(3)5(8)9-4/h3H,1-2H2. The van der Waals surface area contributed by atoms with Crippen LogP contribution < -0.4 is 0 Å². The second-order valence-corrected chi connectivity index (χ2v) is 2.18. The number of cyclic esters (lactones) is 2. The molecule has 0 aromatic carbocycles. The lowest BCUT2D eigenvalue weighted by atomic mass is 10.1. The van der Waals surface area contributed by atoms with Crippen LogP contribution in [0, 0.1) is 0 Å². The molecule has 0 aromatic heterocycles. The lowest BCUT2D eigenvalue weighted by Gasteiger charge is -2.28. The molecule has 2 aliphatic heterocycles. The molecule has 0 saturated carbocycles. The second kappa shape index (κ2) is 1.26. The molecule has 0 spiro atoms. The zero-order valence-electron chi connectivity index (χ0n) is 4.66. The van der Waals surface area contributed by atoms with E-state index in [0.717, 1.165) is 6.42 Å². The minimum atomic E-state index is -0.476. The third kappa shape index (κ3) is 0.426. The molecule has 2 fully saturated rings. The van der Waals surface area contributed by atoms with Gasteiger partial charge in [-0.25, -0.2) is 9.59 Å². The molecule has 2 heterocycles. The quantitative estimate of drug-likeness (QED) is 0.332. The van der Waals surface area contributed by atoms with Crippen LogP contribution in [-0.2, 0) is 9.53 Å². The molecule has 0 radical (unpaired) electrons. The SMILES string of the molecule is O=C1OC(=O)N2CCC12. The van der Waals surface area contributed by atoms with Crippen LogP contribution in [0.2, 0.25) is 0 Å². The molecule has 4 heteroatoms. The van der Waals surface area contributed by atoms with Crippen molar-refractivity contribution in [2.75, 3.05) is 6.54 Å². The summed E-state index contributed by atoms with van der Waals surface area (Å²) in [6.45, 7) is 0.676. The molecule has 48 valence electrons. The number of hydrogen-bond donors (Lipinski definition) is 0. The molecular weight excluding hydrogens is 122 g/mol. The van der Waals surface area contributed by atoms with Crippen LogP contribution in [0.4, 0.5) is 4.79 Å². The van der Waals surface area contributed by atoms with Crippen LogP contribution in [-0.4, -0.2) is 29.5 Å². The Morgan fingerprint density at radius 3 is 2.56 bits per heavy atom. The molecule has 9 heavy (non-hydrogen) atoms. The van der Waals surface area contributed by atoms with Gasteiger partial charge in [-0.05, 0) is 6.42 Å². The van der Waals surface area contributed by atoms with Gasteiger partial charge in [-0.1, -0.05) is 0 Å². The molecule has 1 amide bonds. The van der Waals surface area contributed by atoms with Crippen molar-refractivity contribution in [2.24, 2.45) is 0 Å². The number of ether oxygens (including phenoxy) is 1. The van der Waals surface area contributed by atoms with Crippen LogP contribution >= 0.6 is 0 Å². The maximum absolute atomic E-state index is 10.6. The minimum Gasteiger partial charge on any atom is -0.375 e. The molecule has 2 aliphatic rings. The zero-order valence-corrected chi connectivity index (χ0v) is 4.66. The summed E-state index contributed by atoms with van der Waals surface area (Å²) in [6.07, 6.45) is 0.293. The number of carbonyl (C=O) groups excluding carboxylic acids is 2. The molecule has 0 N–H and O–H groups in total. The fourth-order valence-corrected chi connectivity index (χ4v) is 1.06. The molecular formula is C5H5NO3. The van der Waals surface area contributed by atoms with E-state index in [1.54, 1.807) is 0 Å². The van der Waals surface area contributed by atoms with Crippen LogP contribution in [0.25, 0.3) is 0 Å². The third-order valence-corrected chi connectivity index (χ3v) is 1.71. The number of amides is 1. The van der Waals surface area contributed by atoms with Gasteiger partial charge in [-0.2, -0.15) is 0 Å². The highest BCUT2D eigenvalue weighted by molar-refractivity contribution is 5.96. The van der Waals surface area contributed by atoms with E-state index in [0.29, 0.717) is 6.54 Å². The highest BCUT2D eigenvalue weighted by Crippen LogP contribution is 2.25. The number of fused-ring (bicyclic) bond motifs is 1. The lowest BCUT2D eigenvalue weighted by molar-refractivity contribution is -0.137. The van der Waals surface area contributed by atoms with Crippen molar-refractivity contribution < 1.29 is 14.3 Å². The Labute approximate surface area is 51.4 Å². The summed E-state index contributed by atoms with van der Waals surface area (Å²) < 4.78 is 4.30. The van der Waals surface area contributed by atoms with E-state index in [-0.39, 0.29) is 12.0 Å². The molecule has 0 aromatic rings. The molecule has 4 nitrogen and oxygen atoms in total. The van der Waals surface area contributed by atoms with Gasteiger partial charge in [-0.15, -0.1) is 0 Å². The Morgan fingerprint density at radius 2 is 2.33 bits per heavy atom. The van der Waals surface area contributed by atoms with Crippen molar-refractivity contribution >= 4 is 12.1 Å². The van der Waals surface area contributed by atoms with Crippen molar-refractivity contribution in [3.8, 4) is 0 Å². The summed E-state index contributed by atoms with van der Waals surface area (Å²) in [5.41, 5.74) is 0. The Morgan fingerprint density at radius 1 is 1.56 bits per heavy atom. The van der Waals surface area contributed by atoms with Crippen LogP contribution in [0.5, 0.6) is 0 Å². The predicted molar refractivity (Wildman–Crippen MR) is 26.6 cm³/mol. The highest BCUT2D eigenvalue weighted by Gasteiger charge is 2.47. The molecule has 1 unspecified atom stereocenters. The zero-order chi connectivity index (χ0) is 6.43. The Balaban J connectivity index is 2.26. The first-order valence-electron chi connectivity index (χ1n) is 2.81. The van der Waals surface area contributed by atoms with E-state index in [2.05, 4.69) is 4.74 Å². The maximum Gasteiger partial charge on any atom is 0.418 e. The topological polar surface area (TPSA) is 46.6 Å². The fraction of sp³-hybridized carbons (Fsp3) is 0.600. The summed E-state index contributed by atoms with van der Waals surface area (Å²) >= 11 is 0. The second-order valence-electron chi connectivity index (χ2n) is 2.18. The van der Waals surface area contributed by atoms with Gasteiger partial charge in [0.05, 0.1) is 0 Å². The van der Waals surface area contributed by atoms with Gasteiger partial charge in [0, 0.05) is 6.54 Å². The van der Waals surface area contributed by atoms with Gasteiger partial charge >= 0.3 is 12.1 Å². The van der Waals surface area contributed by atoms with Crippen LogP contribution in [0.15, 0.2) is 0 Å². The lowest BCUT2D eigenvalue weighted by Crippen LogP contribution is -2.47. The smallest absolute Gasteiger partial charge is 0.375 e. The number of nitrogens with zero attached hydrogens (tertiary/aromatic N) is 1. The highest BCUT2D eigenvalue weighted by atomic mass is 16.6. The van der Waals surface area contributed by atoms with Crippen molar-refractivity contribution in [3.63, 3.8) is 0 Å². The first kappa shape index (κ1) is 4.78. The summed E-state index contributed by atoms with van der Waals surface area (Å²) in [6, 6.07) is -0.238. The normalized spacial score (nSPS) is 31.6. The van der Waals surface area contributed by atoms with Crippen molar-refractivity contribution in [1.82, 2.24) is 4.90 Å². The fourth-order valence-electron chi connectivity index (χ4n) is 1.06. The molecule has 0 bridgehead atoms. The van der Waals surface area contributed by atoms with Gasteiger partial charge in [-0.3, -0.25) is 4.90 Å². The van der Waals surface area contributed by atoms with E-state index in [9.17, 15) is 9.59 Å². The number of carbonyl (C=O) groups is 2. The first-order chi connectivity index (χ1) is 4.29. The Bertz CT molecular complexity index is 169. The summed E-state index contributed by atoms with van der Waals surface area (Å²) in [4.78, 5) is 22.5. The summed E-state index contributed by atoms with van der Waals surface area (Å²) in [5, 5.41) is 0. The van der Waals surface area contributed by atoms with E-state index < -0.39 is 6.09 Å². The summed E-state index contributed by atoms with van der Waals surface area (Å²) in [7, 11) is 0. The average molecular weight is 127 g/mol. The average Bonchev–Trinajstić information content (AvgIpc) is 1.73. The third-order valence-electron chi connectivity index (χ3n) is 1.71. The maximum atomic E-state index is 10.6. The monoisotopic (exact) mass is 127 g/mol. The van der Waals surface area contributed by atoms with Crippen molar-refractivity contribution in [1.29, 1.82) is 0 Å². The molecule has 0 aliphatic carbocycles. The Kier molecular flexibility index (Phi) is 0.670. The number of hydrogen-bond acceptors (Lipinski definition) is 3. The molecule has 2 rings (SSSR count). The Hall–Kier alpha value is -1.06. The number of rotatable bonds is 0. The molecule has 2 saturated heterocycles. The van der Waals surface area contributed by atoms with Crippen molar-refractivity contribution in [2.45, 2.75) is 12.5 Å². The van der Waals surface area contributed by atoms with Crippen LogP contribution in [0.1, 0.15) is 6.42 Å². The largest absolute Gasteiger partial charge is 0.418 e. The van der Waals surface area contributed by atoms with Crippen LogP contribution in [0.3, 0.4) is 0 Å². The van der Waals surface area contributed by atoms with Crippen molar-refractivity contribution in [3.05, 3.63) is 0 Å². The van der Waals surface area contributed by atoms with Gasteiger partial charge in [0.1, 0.15) is 6.04 Å². The van der Waals surface area contributed by atoms with E-state index in [1.807, 2.05) is 0 Å². The van der Waals surface area contributed by atoms with E-state index in [4.69, 9.17) is 0 Å². The first-order valence-corrected chi connectivity index (χ1v) is 2.81. The molecule has 1 atom stereocenters. The van der Waals surface area contributed by atoms with Gasteiger partial charge in [0.15, 0.2) is 0 Å².